The molecule has 164 valence electrons. The summed E-state index contributed by atoms with van der Waals surface area (Å²) in [6, 6.07) is 12.4. The van der Waals surface area contributed by atoms with E-state index in [1.165, 1.54) is 21.1 Å². The molecule has 0 aliphatic carbocycles. The largest absolute Gasteiger partial charge is 0.338 e. The van der Waals surface area contributed by atoms with Crippen molar-refractivity contribution in [3.05, 3.63) is 63.7 Å². The van der Waals surface area contributed by atoms with Gasteiger partial charge >= 0.3 is 0 Å². The Bertz CT molecular complexity index is 1040. The molecule has 7 nitrogen and oxygen atoms in total. The van der Waals surface area contributed by atoms with Crippen LogP contribution in [0.15, 0.2) is 53.3 Å². The van der Waals surface area contributed by atoms with Crippen molar-refractivity contribution in [2.45, 2.75) is 18.9 Å². The van der Waals surface area contributed by atoms with Crippen molar-refractivity contribution in [2.75, 3.05) is 32.7 Å². The predicted octanol–water partition coefficient (Wildman–Crippen LogP) is 2.50. The first-order valence-corrected chi connectivity index (χ1v) is 12.7. The van der Waals surface area contributed by atoms with Crippen LogP contribution in [-0.2, 0) is 14.8 Å². The summed E-state index contributed by atoms with van der Waals surface area (Å²) in [5.41, 5.74) is 0.816. The van der Waals surface area contributed by atoms with Gasteiger partial charge < -0.3 is 9.80 Å². The fourth-order valence-corrected chi connectivity index (χ4v) is 5.85. The molecule has 1 aromatic heterocycles. The lowest BCUT2D eigenvalue weighted by Crippen LogP contribution is -2.55. The highest BCUT2D eigenvalue weighted by Crippen LogP contribution is 2.24. The number of sulfonamides is 1. The highest BCUT2D eigenvalue weighted by atomic mass is 32.2. The average Bonchev–Trinajstić information content (AvgIpc) is 3.50. The Morgan fingerprint density at radius 1 is 0.968 bits per heavy atom. The molecule has 1 atom stereocenters. The van der Waals surface area contributed by atoms with Gasteiger partial charge in [0.1, 0.15) is 6.04 Å². The van der Waals surface area contributed by atoms with Gasteiger partial charge in [0.15, 0.2) is 0 Å². The van der Waals surface area contributed by atoms with Gasteiger partial charge in [0.05, 0.1) is 4.88 Å². The van der Waals surface area contributed by atoms with Gasteiger partial charge in [0.25, 0.3) is 5.91 Å². The molecule has 2 saturated heterocycles. The van der Waals surface area contributed by atoms with Gasteiger partial charge in [0.2, 0.25) is 15.9 Å². The number of carbonyl (C=O) groups is 2. The quantitative estimate of drug-likeness (QED) is 0.688. The topological polar surface area (TPSA) is 78.0 Å². The standard InChI is InChI=1S/C22H25N3O4S2/c26-21(19-8-4-11-25(19)22(27)20-9-5-16-30-20)23-12-14-24(15-13-23)31(28,29)17-10-18-6-2-1-3-7-18/h1-3,5-7,9-10,16-17,19H,4,8,11-15H2/b17-10+/t19-/m0/s1. The molecule has 2 aliphatic rings. The number of likely N-dealkylation sites (tertiary alicyclic amines) is 1. The molecule has 2 aliphatic heterocycles. The van der Waals surface area contributed by atoms with E-state index < -0.39 is 16.1 Å². The van der Waals surface area contributed by atoms with Crippen molar-refractivity contribution in [2.24, 2.45) is 0 Å². The SMILES string of the molecule is O=C([C@@H]1CCCN1C(=O)c1cccs1)N1CCN(S(=O)(=O)/C=C/c2ccccc2)CC1. The number of piperazine rings is 1. The number of carbonyl (C=O) groups excluding carboxylic acids is 2. The zero-order valence-electron chi connectivity index (χ0n) is 17.1. The summed E-state index contributed by atoms with van der Waals surface area (Å²) in [4.78, 5) is 29.9. The van der Waals surface area contributed by atoms with E-state index in [1.54, 1.807) is 21.9 Å². The highest BCUT2D eigenvalue weighted by molar-refractivity contribution is 7.92. The van der Waals surface area contributed by atoms with Crippen LogP contribution in [0.1, 0.15) is 28.1 Å². The Balaban J connectivity index is 1.36. The van der Waals surface area contributed by atoms with Gasteiger partial charge in [-0.15, -0.1) is 11.3 Å². The minimum atomic E-state index is -3.55. The highest BCUT2D eigenvalue weighted by Gasteiger charge is 2.38. The summed E-state index contributed by atoms with van der Waals surface area (Å²) in [6.07, 6.45) is 3.03. The number of amides is 2. The molecule has 0 saturated carbocycles. The number of hydrogen-bond donors (Lipinski definition) is 0. The second-order valence-electron chi connectivity index (χ2n) is 7.62. The third kappa shape index (κ3) is 4.89. The van der Waals surface area contributed by atoms with Crippen LogP contribution in [0, 0.1) is 0 Å². The van der Waals surface area contributed by atoms with Gasteiger partial charge in [-0.1, -0.05) is 36.4 Å². The first kappa shape index (κ1) is 21.7. The van der Waals surface area contributed by atoms with E-state index in [1.807, 2.05) is 41.8 Å². The van der Waals surface area contributed by atoms with Crippen molar-refractivity contribution in [1.29, 1.82) is 0 Å². The number of rotatable bonds is 5. The zero-order valence-corrected chi connectivity index (χ0v) is 18.7. The minimum Gasteiger partial charge on any atom is -0.338 e. The molecular weight excluding hydrogens is 434 g/mol. The van der Waals surface area contributed by atoms with E-state index in [4.69, 9.17) is 0 Å². The average molecular weight is 460 g/mol. The molecule has 1 aromatic carbocycles. The molecule has 2 fully saturated rings. The van der Waals surface area contributed by atoms with Crippen LogP contribution in [0.25, 0.3) is 6.08 Å². The first-order chi connectivity index (χ1) is 15.0. The second kappa shape index (κ2) is 9.33. The van der Waals surface area contributed by atoms with Crippen LogP contribution in [0.2, 0.25) is 0 Å². The van der Waals surface area contributed by atoms with E-state index in [0.29, 0.717) is 30.9 Å². The molecule has 2 aromatic rings. The summed E-state index contributed by atoms with van der Waals surface area (Å²) in [6.45, 7) is 1.73. The normalized spacial score (nSPS) is 20.5. The van der Waals surface area contributed by atoms with Crippen molar-refractivity contribution >= 4 is 39.3 Å². The fraction of sp³-hybridized carbons (Fsp3) is 0.364. The third-order valence-electron chi connectivity index (χ3n) is 5.67. The molecule has 0 unspecified atom stereocenters. The van der Waals surface area contributed by atoms with Gasteiger partial charge in [-0.05, 0) is 35.9 Å². The predicted molar refractivity (Wildman–Crippen MR) is 121 cm³/mol. The maximum atomic E-state index is 13.1. The van der Waals surface area contributed by atoms with Crippen LogP contribution in [0.3, 0.4) is 0 Å². The summed E-state index contributed by atoms with van der Waals surface area (Å²) in [7, 11) is -3.55. The molecule has 9 heteroatoms. The monoisotopic (exact) mass is 459 g/mol. The Kier molecular flexibility index (Phi) is 6.54. The number of thiophene rings is 1. The van der Waals surface area contributed by atoms with E-state index >= 15 is 0 Å². The number of nitrogens with zero attached hydrogens (tertiary/aromatic N) is 3. The lowest BCUT2D eigenvalue weighted by atomic mass is 10.1. The summed E-state index contributed by atoms with van der Waals surface area (Å²) in [5.74, 6) is -0.183. The van der Waals surface area contributed by atoms with E-state index in [9.17, 15) is 18.0 Å². The first-order valence-electron chi connectivity index (χ1n) is 10.3. The molecular formula is C22H25N3O4S2. The van der Waals surface area contributed by atoms with Gasteiger partial charge in [-0.2, -0.15) is 4.31 Å². The maximum absolute atomic E-state index is 13.1. The van der Waals surface area contributed by atoms with Crippen molar-refractivity contribution in [3.63, 3.8) is 0 Å². The molecule has 3 heterocycles. The maximum Gasteiger partial charge on any atom is 0.264 e. The molecule has 4 rings (SSSR count). The molecule has 2 amide bonds. The summed E-state index contributed by atoms with van der Waals surface area (Å²) >= 11 is 1.38. The zero-order chi connectivity index (χ0) is 21.8. The van der Waals surface area contributed by atoms with Crippen LogP contribution in [0.4, 0.5) is 0 Å². The Morgan fingerprint density at radius 2 is 1.71 bits per heavy atom. The van der Waals surface area contributed by atoms with Gasteiger partial charge in [-0.3, -0.25) is 9.59 Å². The third-order valence-corrected chi connectivity index (χ3v) is 8.10. The molecule has 0 N–H and O–H groups in total. The van der Waals surface area contributed by atoms with Crippen molar-refractivity contribution in [3.8, 4) is 0 Å². The molecule has 0 radical (unpaired) electrons. The van der Waals surface area contributed by atoms with Crippen LogP contribution in [-0.4, -0.2) is 73.1 Å². The Hall–Kier alpha value is -2.49. The van der Waals surface area contributed by atoms with E-state index in [2.05, 4.69) is 0 Å². The van der Waals surface area contributed by atoms with Gasteiger partial charge in [-0.25, -0.2) is 8.42 Å². The Labute approximate surface area is 186 Å². The van der Waals surface area contributed by atoms with Crippen molar-refractivity contribution < 1.29 is 18.0 Å². The van der Waals surface area contributed by atoms with Crippen LogP contribution < -0.4 is 0 Å². The fourth-order valence-electron chi connectivity index (χ4n) is 4.00. The smallest absolute Gasteiger partial charge is 0.264 e. The van der Waals surface area contributed by atoms with Gasteiger partial charge in [0, 0.05) is 38.1 Å². The lowest BCUT2D eigenvalue weighted by Gasteiger charge is -2.36. The molecule has 0 spiro atoms. The summed E-state index contributed by atoms with van der Waals surface area (Å²) in [5, 5.41) is 3.07. The van der Waals surface area contributed by atoms with E-state index in [0.717, 1.165) is 12.0 Å². The summed E-state index contributed by atoms with van der Waals surface area (Å²) < 4.78 is 26.7. The lowest BCUT2D eigenvalue weighted by molar-refractivity contribution is -0.136. The Morgan fingerprint density at radius 3 is 2.39 bits per heavy atom. The molecule has 0 bridgehead atoms. The van der Waals surface area contributed by atoms with E-state index in [-0.39, 0.29) is 24.9 Å². The van der Waals surface area contributed by atoms with Crippen LogP contribution >= 0.6 is 11.3 Å². The minimum absolute atomic E-state index is 0.0840. The molecule has 31 heavy (non-hydrogen) atoms. The number of hydrogen-bond acceptors (Lipinski definition) is 5. The second-order valence-corrected chi connectivity index (χ2v) is 10.4. The van der Waals surface area contributed by atoms with Crippen LogP contribution in [0.5, 0.6) is 0 Å². The number of benzene rings is 1. The van der Waals surface area contributed by atoms with Crippen molar-refractivity contribution in [1.82, 2.24) is 14.1 Å².